The van der Waals surface area contributed by atoms with Gasteiger partial charge in [-0.15, -0.1) is 31.7 Å². The molecule has 17 heteroatoms. The van der Waals surface area contributed by atoms with E-state index in [4.69, 9.17) is 22.3 Å². The molecule has 0 bridgehead atoms. The van der Waals surface area contributed by atoms with Gasteiger partial charge in [-0.25, -0.2) is 0 Å². The number of amides is 2. The van der Waals surface area contributed by atoms with E-state index >= 15 is 0 Å². The first-order valence-corrected chi connectivity index (χ1v) is 23.0. The van der Waals surface area contributed by atoms with Crippen LogP contribution in [0.5, 0.6) is 11.5 Å². The highest BCUT2D eigenvalue weighted by Crippen LogP contribution is 2.40. The summed E-state index contributed by atoms with van der Waals surface area (Å²) in [5.41, 5.74) is 12.4. The zero-order chi connectivity index (χ0) is 44.8. The summed E-state index contributed by atoms with van der Waals surface area (Å²) >= 11 is 8.00. The van der Waals surface area contributed by atoms with Crippen LogP contribution in [0.3, 0.4) is 0 Å². The molecule has 2 saturated heterocycles. The molecule has 15 nitrogen and oxygen atoms in total. The third kappa shape index (κ3) is 8.42. The lowest BCUT2D eigenvalue weighted by molar-refractivity contribution is -0.133. The predicted molar refractivity (Wildman–Crippen MR) is 247 cm³/mol. The van der Waals surface area contributed by atoms with Crippen molar-refractivity contribution < 1.29 is 19.8 Å². The Morgan fingerprint density at radius 1 is 0.844 bits per heavy atom. The van der Waals surface area contributed by atoms with Crippen LogP contribution in [-0.2, 0) is 17.8 Å². The van der Waals surface area contributed by atoms with E-state index in [2.05, 4.69) is 48.6 Å². The van der Waals surface area contributed by atoms with Gasteiger partial charge in [-0.05, 0) is 93.0 Å². The van der Waals surface area contributed by atoms with Crippen LogP contribution in [0, 0.1) is 26.7 Å². The Morgan fingerprint density at radius 2 is 1.55 bits per heavy atom. The minimum Gasteiger partial charge on any atom is -0.508 e. The van der Waals surface area contributed by atoms with Crippen LogP contribution in [0.2, 0.25) is 5.02 Å². The van der Waals surface area contributed by atoms with Crippen LogP contribution in [-0.4, -0.2) is 118 Å². The summed E-state index contributed by atoms with van der Waals surface area (Å²) in [5, 5.41) is 40.0. The number of rotatable bonds is 11. The van der Waals surface area contributed by atoms with E-state index in [-0.39, 0.29) is 35.5 Å². The number of benzene rings is 3. The second-order valence-corrected chi connectivity index (χ2v) is 18.7. The molecule has 0 spiro atoms. The number of thiophene rings is 1. The van der Waals surface area contributed by atoms with Gasteiger partial charge in [-0.2, -0.15) is 0 Å². The Labute approximate surface area is 380 Å². The number of primary amides is 1. The number of nitrogens with zero attached hydrogens (tertiary/aromatic N) is 10. The fraction of sp³-hybridized carbons (Fsp3) is 0.383. The smallest absolute Gasteiger partial charge is 0.287 e. The fourth-order valence-corrected chi connectivity index (χ4v) is 10.6. The SMILES string of the molecule is CCc1cc(-c2nnc(C(N)=O)n2-c2ccc(CN3CCN(CC4CCN(C(=O)C[C@@H]5N=C(c6ccc(Cl)cc6)c6c(sc(C)c6C)-n6c(C)nnc65)CC4)CC3)cc2)c(O)cc1O. The summed E-state index contributed by atoms with van der Waals surface area (Å²) in [4.78, 5) is 40.0. The Kier molecular flexibility index (Phi) is 12.1. The lowest BCUT2D eigenvalue weighted by Gasteiger charge is -2.39. The highest BCUT2D eigenvalue weighted by Gasteiger charge is 2.34. The number of fused-ring (bicyclic) bond motifs is 3. The minimum absolute atomic E-state index is 0.0158. The van der Waals surface area contributed by atoms with Crippen molar-refractivity contribution in [2.75, 3.05) is 45.8 Å². The minimum atomic E-state index is -0.747. The van der Waals surface area contributed by atoms with Gasteiger partial charge >= 0.3 is 0 Å². The quantitative estimate of drug-likeness (QED) is 0.129. The van der Waals surface area contributed by atoms with Crippen LogP contribution in [0.1, 0.15) is 87.2 Å². The Balaban J connectivity index is 0.796. The number of aryl methyl sites for hydroxylation is 3. The van der Waals surface area contributed by atoms with Gasteiger partial charge in [0, 0.05) is 85.1 Å². The second kappa shape index (κ2) is 17.9. The second-order valence-electron chi connectivity index (χ2n) is 17.1. The van der Waals surface area contributed by atoms with Crippen molar-refractivity contribution in [1.29, 1.82) is 0 Å². The third-order valence-corrected chi connectivity index (χ3v) is 14.4. The Hall–Kier alpha value is -5.94. The summed E-state index contributed by atoms with van der Waals surface area (Å²) in [6.07, 6.45) is 2.68. The highest BCUT2D eigenvalue weighted by molar-refractivity contribution is 7.15. The van der Waals surface area contributed by atoms with Crippen LogP contribution < -0.4 is 5.73 Å². The maximum absolute atomic E-state index is 14.1. The van der Waals surface area contributed by atoms with Crippen molar-refractivity contribution >= 4 is 40.5 Å². The normalized spacial score (nSPS) is 17.2. The van der Waals surface area contributed by atoms with Crippen LogP contribution in [0.4, 0.5) is 0 Å². The molecule has 2 amide bonds. The summed E-state index contributed by atoms with van der Waals surface area (Å²) in [6.45, 7) is 15.2. The number of aromatic nitrogens is 6. The van der Waals surface area contributed by atoms with E-state index in [1.807, 2.05) is 67.3 Å². The van der Waals surface area contributed by atoms with Gasteiger partial charge in [0.15, 0.2) is 11.6 Å². The van der Waals surface area contributed by atoms with Gasteiger partial charge in [-0.1, -0.05) is 42.8 Å². The van der Waals surface area contributed by atoms with E-state index in [0.29, 0.717) is 40.0 Å². The molecule has 64 heavy (non-hydrogen) atoms. The highest BCUT2D eigenvalue weighted by atomic mass is 35.5. The van der Waals surface area contributed by atoms with Crippen molar-refractivity contribution in [3.8, 4) is 33.6 Å². The maximum atomic E-state index is 14.1. The number of carbonyl (C=O) groups excluding carboxylic acids is 2. The number of hydrogen-bond donors (Lipinski definition) is 3. The first kappa shape index (κ1) is 43.3. The number of aromatic hydroxyl groups is 2. The van der Waals surface area contributed by atoms with Crippen LogP contribution >= 0.6 is 22.9 Å². The molecular weight excluding hydrogens is 850 g/mol. The molecule has 0 radical (unpaired) electrons. The molecule has 0 aliphatic carbocycles. The van der Waals surface area contributed by atoms with E-state index in [9.17, 15) is 19.8 Å². The number of nitrogens with two attached hydrogens (primary N) is 1. The van der Waals surface area contributed by atoms with Crippen molar-refractivity contribution in [2.45, 2.75) is 66.0 Å². The fourth-order valence-electron chi connectivity index (χ4n) is 9.24. The van der Waals surface area contributed by atoms with Gasteiger partial charge in [0.25, 0.3) is 5.91 Å². The molecule has 1 atom stereocenters. The van der Waals surface area contributed by atoms with Gasteiger partial charge < -0.3 is 25.7 Å². The summed E-state index contributed by atoms with van der Waals surface area (Å²) in [6, 6.07) is 18.0. The molecule has 3 aliphatic heterocycles. The number of hydrogen-bond acceptors (Lipinski definition) is 12. The van der Waals surface area contributed by atoms with E-state index < -0.39 is 11.9 Å². The molecule has 4 N–H and O–H groups in total. The zero-order valence-corrected chi connectivity index (χ0v) is 38.0. The van der Waals surface area contributed by atoms with Crippen LogP contribution in [0.15, 0.2) is 65.7 Å². The molecular formula is C47H52ClN11O4S. The first-order valence-electron chi connectivity index (χ1n) is 21.8. The maximum Gasteiger partial charge on any atom is 0.287 e. The lowest BCUT2D eigenvalue weighted by atomic mass is 9.95. The molecule has 332 valence electrons. The van der Waals surface area contributed by atoms with Gasteiger partial charge in [0.2, 0.25) is 11.7 Å². The molecule has 0 unspecified atom stereocenters. The molecule has 6 aromatic rings. The number of piperidine rings is 1. The number of likely N-dealkylation sites (tertiary alicyclic amines) is 1. The number of phenols is 2. The Bertz CT molecular complexity index is 2750. The number of halogens is 1. The number of aliphatic imine (C=N–C) groups is 1. The van der Waals surface area contributed by atoms with E-state index in [1.165, 1.54) is 15.5 Å². The lowest BCUT2D eigenvalue weighted by Crippen LogP contribution is -2.48. The number of phenolic OH excluding ortho intramolecular Hbond substituents is 2. The standard InChI is InChI=1S/C47H52ClN11O4S/c1-5-32-22-36(39(61)24-38(32)60)44-52-54-46(43(49)63)59(44)35-12-6-30(7-13-35)25-55-18-20-56(21-19-55)26-31-14-16-57(17-15-31)40(62)23-37-45-53-51-29(4)58(45)47-41(27(2)28(3)64-47)42(50-37)33-8-10-34(48)11-9-33/h6-13,22,24,31,37,60-61H,5,14-21,23,25-26H2,1-4H3,(H2,49,63)/t37-/m0/s1. The average molecular weight is 903 g/mol. The monoisotopic (exact) mass is 901 g/mol. The largest absolute Gasteiger partial charge is 0.508 e. The summed E-state index contributed by atoms with van der Waals surface area (Å²) in [7, 11) is 0. The summed E-state index contributed by atoms with van der Waals surface area (Å²) in [5.74, 6) is 1.34. The molecule has 6 heterocycles. The summed E-state index contributed by atoms with van der Waals surface area (Å²) < 4.78 is 3.64. The molecule has 9 rings (SSSR count). The number of piperazine rings is 1. The number of carbonyl (C=O) groups is 2. The average Bonchev–Trinajstić information content (AvgIpc) is 3.96. The van der Waals surface area contributed by atoms with Gasteiger partial charge in [0.1, 0.15) is 28.4 Å². The van der Waals surface area contributed by atoms with Crippen LogP contribution in [0.25, 0.3) is 22.1 Å². The molecule has 3 aliphatic rings. The molecule has 0 saturated carbocycles. The Morgan fingerprint density at radius 3 is 2.23 bits per heavy atom. The van der Waals surface area contributed by atoms with Gasteiger partial charge in [0.05, 0.1) is 17.7 Å². The van der Waals surface area contributed by atoms with Gasteiger partial charge in [-0.3, -0.25) is 28.6 Å². The topological polar surface area (TPSA) is 184 Å². The van der Waals surface area contributed by atoms with Crippen molar-refractivity contribution in [3.63, 3.8) is 0 Å². The van der Waals surface area contributed by atoms with Crippen molar-refractivity contribution in [2.24, 2.45) is 16.6 Å². The van der Waals surface area contributed by atoms with E-state index in [1.54, 1.807) is 17.4 Å². The molecule has 2 fully saturated rings. The predicted octanol–water partition coefficient (Wildman–Crippen LogP) is 6.57. The zero-order valence-electron chi connectivity index (χ0n) is 36.5. The van der Waals surface area contributed by atoms with Crippen molar-refractivity contribution in [3.05, 3.63) is 116 Å². The molecule has 3 aromatic heterocycles. The molecule has 3 aromatic carbocycles. The third-order valence-electron chi connectivity index (χ3n) is 13.0. The first-order chi connectivity index (χ1) is 30.9. The van der Waals surface area contributed by atoms with Crippen molar-refractivity contribution in [1.82, 2.24) is 44.2 Å². The van der Waals surface area contributed by atoms with E-state index in [0.717, 1.165) is 104 Å².